The fourth-order valence-corrected chi connectivity index (χ4v) is 3.49. The normalized spacial score (nSPS) is 15.1. The quantitative estimate of drug-likeness (QED) is 0.634. The first-order valence-electron chi connectivity index (χ1n) is 9.67. The Hall–Kier alpha value is -3.15. The van der Waals surface area contributed by atoms with E-state index in [1.54, 1.807) is 0 Å². The first kappa shape index (κ1) is 18.2. The number of hydrogen-bond donors (Lipinski definition) is 0. The Balaban J connectivity index is 1.31. The van der Waals surface area contributed by atoms with Gasteiger partial charge in [0.15, 0.2) is 0 Å². The number of likely N-dealkylation sites (tertiary alicyclic amines) is 1. The van der Waals surface area contributed by atoms with Gasteiger partial charge in [0.1, 0.15) is 18.1 Å². The summed E-state index contributed by atoms with van der Waals surface area (Å²) in [6.45, 7) is 3.78. The van der Waals surface area contributed by atoms with Crippen molar-refractivity contribution in [1.82, 2.24) is 19.9 Å². The molecule has 0 aliphatic carbocycles. The van der Waals surface area contributed by atoms with Crippen molar-refractivity contribution in [2.24, 2.45) is 0 Å². The lowest BCUT2D eigenvalue weighted by molar-refractivity contribution is -0.139. The highest BCUT2D eigenvalue weighted by atomic mass is 16.5. The molecule has 1 unspecified atom stereocenters. The topological polar surface area (TPSA) is 60.2 Å². The third-order valence-corrected chi connectivity index (χ3v) is 5.14. The molecule has 0 N–H and O–H groups in total. The Bertz CT molecular complexity index is 905. The molecule has 0 spiro atoms. The van der Waals surface area contributed by atoms with E-state index in [2.05, 4.69) is 17.2 Å². The van der Waals surface area contributed by atoms with Crippen molar-refractivity contribution < 1.29 is 9.53 Å². The summed E-state index contributed by atoms with van der Waals surface area (Å²) in [5.41, 5.74) is 1.86. The number of hydrogen-bond acceptors (Lipinski definition) is 4. The van der Waals surface area contributed by atoms with Crippen molar-refractivity contribution in [3.8, 4) is 5.75 Å². The molecule has 3 aromatic rings. The standard InChI is InChI=1S/C22H24N4O2/c1-2-21(17-9-5-3-6-10-17)22(27)25-14-19(15-25)26-13-18(23-24-26)16-28-20-11-7-4-8-12-20/h3-13,19,21H,2,14-16H2,1H3. The molecule has 28 heavy (non-hydrogen) atoms. The maximum atomic E-state index is 12.9. The number of carbonyl (C=O) groups is 1. The minimum Gasteiger partial charge on any atom is -0.487 e. The van der Waals surface area contributed by atoms with Gasteiger partial charge < -0.3 is 9.64 Å². The highest BCUT2D eigenvalue weighted by Gasteiger charge is 2.36. The van der Waals surface area contributed by atoms with Gasteiger partial charge in [-0.2, -0.15) is 0 Å². The number of carbonyl (C=O) groups excluding carboxylic acids is 1. The number of aromatic nitrogens is 3. The molecule has 1 aromatic heterocycles. The number of amides is 1. The first-order chi connectivity index (χ1) is 13.7. The van der Waals surface area contributed by atoms with Gasteiger partial charge in [0.25, 0.3) is 0 Å². The summed E-state index contributed by atoms with van der Waals surface area (Å²) in [7, 11) is 0. The summed E-state index contributed by atoms with van der Waals surface area (Å²) in [6.07, 6.45) is 2.71. The summed E-state index contributed by atoms with van der Waals surface area (Å²) in [6, 6.07) is 19.8. The van der Waals surface area contributed by atoms with Crippen LogP contribution in [0.15, 0.2) is 66.9 Å². The largest absolute Gasteiger partial charge is 0.487 e. The van der Waals surface area contributed by atoms with Gasteiger partial charge in [-0.05, 0) is 24.1 Å². The van der Waals surface area contributed by atoms with Gasteiger partial charge in [-0.1, -0.05) is 60.7 Å². The van der Waals surface area contributed by atoms with Gasteiger partial charge in [-0.15, -0.1) is 5.10 Å². The Morgan fingerprint density at radius 3 is 2.46 bits per heavy atom. The van der Waals surface area contributed by atoms with Crippen LogP contribution in [-0.2, 0) is 11.4 Å². The van der Waals surface area contributed by atoms with E-state index in [4.69, 9.17) is 4.74 Å². The van der Waals surface area contributed by atoms with E-state index in [9.17, 15) is 4.79 Å². The molecule has 0 saturated carbocycles. The Labute approximate surface area is 164 Å². The minimum absolute atomic E-state index is 0.0762. The number of nitrogens with zero attached hydrogens (tertiary/aromatic N) is 4. The number of benzene rings is 2. The molecule has 1 fully saturated rings. The monoisotopic (exact) mass is 376 g/mol. The van der Waals surface area contributed by atoms with Gasteiger partial charge in [-0.25, -0.2) is 4.68 Å². The van der Waals surface area contributed by atoms with E-state index in [0.29, 0.717) is 19.7 Å². The predicted octanol–water partition coefficient (Wildman–Crippen LogP) is 3.43. The highest BCUT2D eigenvalue weighted by Crippen LogP contribution is 2.28. The Kier molecular flexibility index (Phi) is 5.37. The van der Waals surface area contributed by atoms with Crippen LogP contribution in [0.1, 0.15) is 36.6 Å². The van der Waals surface area contributed by atoms with Crippen molar-refractivity contribution in [2.45, 2.75) is 31.9 Å². The van der Waals surface area contributed by atoms with Crippen LogP contribution >= 0.6 is 0 Å². The van der Waals surface area contributed by atoms with Gasteiger partial charge in [0.05, 0.1) is 18.2 Å². The van der Waals surface area contributed by atoms with Crippen molar-refractivity contribution >= 4 is 5.91 Å². The smallest absolute Gasteiger partial charge is 0.230 e. The number of para-hydroxylation sites is 1. The molecule has 4 rings (SSSR count). The summed E-state index contributed by atoms with van der Waals surface area (Å²) >= 11 is 0. The summed E-state index contributed by atoms with van der Waals surface area (Å²) in [5, 5.41) is 8.40. The van der Waals surface area contributed by atoms with E-state index < -0.39 is 0 Å². The summed E-state index contributed by atoms with van der Waals surface area (Å²) in [5.74, 6) is 0.925. The lowest BCUT2D eigenvalue weighted by atomic mass is 9.93. The van der Waals surface area contributed by atoms with E-state index in [-0.39, 0.29) is 17.9 Å². The zero-order valence-corrected chi connectivity index (χ0v) is 15.9. The molecule has 2 heterocycles. The second kappa shape index (κ2) is 8.25. The van der Waals surface area contributed by atoms with Crippen molar-refractivity contribution in [3.05, 3.63) is 78.1 Å². The van der Waals surface area contributed by atoms with Gasteiger partial charge in [-0.3, -0.25) is 4.79 Å². The van der Waals surface area contributed by atoms with Crippen molar-refractivity contribution in [1.29, 1.82) is 0 Å². The van der Waals surface area contributed by atoms with E-state index >= 15 is 0 Å². The van der Waals surface area contributed by atoms with Crippen LogP contribution in [0.2, 0.25) is 0 Å². The molecule has 0 bridgehead atoms. The first-order valence-corrected chi connectivity index (χ1v) is 9.67. The second-order valence-corrected chi connectivity index (χ2v) is 7.06. The molecule has 0 radical (unpaired) electrons. The van der Waals surface area contributed by atoms with Gasteiger partial charge in [0, 0.05) is 13.1 Å². The molecule has 1 amide bonds. The van der Waals surface area contributed by atoms with Crippen LogP contribution in [0.25, 0.3) is 0 Å². The van der Waals surface area contributed by atoms with Crippen molar-refractivity contribution in [2.75, 3.05) is 13.1 Å². The van der Waals surface area contributed by atoms with E-state index in [0.717, 1.165) is 23.4 Å². The van der Waals surface area contributed by atoms with Crippen LogP contribution in [-0.4, -0.2) is 38.9 Å². The summed E-state index contributed by atoms with van der Waals surface area (Å²) < 4.78 is 7.55. The Morgan fingerprint density at radius 2 is 1.79 bits per heavy atom. The molecular weight excluding hydrogens is 352 g/mol. The molecule has 6 heteroatoms. The second-order valence-electron chi connectivity index (χ2n) is 7.06. The lowest BCUT2D eigenvalue weighted by Gasteiger charge is -2.40. The van der Waals surface area contributed by atoms with Crippen LogP contribution < -0.4 is 4.74 Å². The van der Waals surface area contributed by atoms with Crippen LogP contribution in [0.4, 0.5) is 0 Å². The molecule has 1 atom stereocenters. The molecular formula is C22H24N4O2. The highest BCUT2D eigenvalue weighted by molar-refractivity contribution is 5.84. The third-order valence-electron chi connectivity index (χ3n) is 5.14. The summed E-state index contributed by atoms with van der Waals surface area (Å²) in [4.78, 5) is 14.8. The molecule has 1 aliphatic rings. The zero-order valence-electron chi connectivity index (χ0n) is 15.9. The molecule has 2 aromatic carbocycles. The SMILES string of the molecule is CCC(C(=O)N1CC(n2cc(COc3ccccc3)nn2)C1)c1ccccc1. The lowest BCUT2D eigenvalue weighted by Crippen LogP contribution is -2.52. The number of rotatable bonds is 7. The van der Waals surface area contributed by atoms with E-state index in [1.807, 2.05) is 76.4 Å². The molecule has 144 valence electrons. The maximum absolute atomic E-state index is 12.9. The fourth-order valence-electron chi connectivity index (χ4n) is 3.49. The maximum Gasteiger partial charge on any atom is 0.230 e. The van der Waals surface area contributed by atoms with Crippen LogP contribution in [0.5, 0.6) is 5.75 Å². The number of ether oxygens (including phenoxy) is 1. The van der Waals surface area contributed by atoms with Gasteiger partial charge >= 0.3 is 0 Å². The van der Waals surface area contributed by atoms with E-state index in [1.165, 1.54) is 0 Å². The molecule has 1 saturated heterocycles. The minimum atomic E-state index is -0.0762. The van der Waals surface area contributed by atoms with Crippen LogP contribution in [0.3, 0.4) is 0 Å². The van der Waals surface area contributed by atoms with Crippen molar-refractivity contribution in [3.63, 3.8) is 0 Å². The van der Waals surface area contributed by atoms with Crippen LogP contribution in [0, 0.1) is 0 Å². The van der Waals surface area contributed by atoms with Gasteiger partial charge in [0.2, 0.25) is 5.91 Å². The molecule has 6 nitrogen and oxygen atoms in total. The fraction of sp³-hybridized carbons (Fsp3) is 0.318. The molecule has 1 aliphatic heterocycles. The average molecular weight is 376 g/mol. The zero-order chi connectivity index (χ0) is 19.3. The average Bonchev–Trinajstić information content (AvgIpc) is 3.16. The Morgan fingerprint density at radius 1 is 1.11 bits per heavy atom. The third kappa shape index (κ3) is 3.91. The predicted molar refractivity (Wildman–Crippen MR) is 106 cm³/mol.